The van der Waals surface area contributed by atoms with Crippen molar-refractivity contribution in [2.24, 2.45) is 0 Å². The van der Waals surface area contributed by atoms with E-state index in [1.165, 1.54) is 11.3 Å². The van der Waals surface area contributed by atoms with Gasteiger partial charge >= 0.3 is 0 Å². The van der Waals surface area contributed by atoms with Gasteiger partial charge in [0.1, 0.15) is 5.82 Å². The third-order valence-corrected chi connectivity index (χ3v) is 6.17. The Morgan fingerprint density at radius 3 is 2.42 bits per heavy atom. The van der Waals surface area contributed by atoms with E-state index in [1.807, 2.05) is 17.5 Å². The van der Waals surface area contributed by atoms with Crippen molar-refractivity contribution in [2.75, 3.05) is 0 Å². The first-order valence-corrected chi connectivity index (χ1v) is 7.93. The fraction of sp³-hybridized carbons (Fsp3) is 0.0769. The monoisotopic (exact) mass is 362 g/mol. The maximum absolute atomic E-state index is 13.7. The summed E-state index contributed by atoms with van der Waals surface area (Å²) in [6.45, 7) is 0. The van der Waals surface area contributed by atoms with Crippen molar-refractivity contribution in [1.82, 2.24) is 0 Å². The number of alkyl halides is 1. The fourth-order valence-electron chi connectivity index (χ4n) is 1.79. The first-order valence-electron chi connectivity index (χ1n) is 5.31. The van der Waals surface area contributed by atoms with Gasteiger partial charge in [0.25, 0.3) is 0 Å². The van der Waals surface area contributed by atoms with Crippen LogP contribution in [-0.4, -0.2) is 0 Å². The van der Waals surface area contributed by atoms with Crippen LogP contribution >= 0.6 is 38.6 Å². The number of fused-ring (bicyclic) bond motifs is 1. The Morgan fingerprint density at radius 1 is 0.947 bits per heavy atom. The predicted octanol–water partition coefficient (Wildman–Crippen LogP) is 5.86. The van der Waals surface area contributed by atoms with E-state index in [-0.39, 0.29) is 5.56 Å². The van der Waals surface area contributed by atoms with E-state index in [1.54, 1.807) is 11.3 Å². The number of halogens is 4. The zero-order chi connectivity index (χ0) is 13.6. The minimum Gasteiger partial charge on any atom is -0.207 e. The molecule has 0 spiro atoms. The molecule has 0 amide bonds. The van der Waals surface area contributed by atoms with Crippen LogP contribution < -0.4 is 0 Å². The van der Waals surface area contributed by atoms with Crippen molar-refractivity contribution < 1.29 is 13.2 Å². The van der Waals surface area contributed by atoms with Crippen molar-refractivity contribution in [2.45, 2.75) is 4.83 Å². The average molecular weight is 363 g/mol. The summed E-state index contributed by atoms with van der Waals surface area (Å²) >= 11 is 6.45. The largest absolute Gasteiger partial charge is 0.207 e. The molecule has 0 fully saturated rings. The number of rotatable bonds is 2. The molecule has 0 saturated carbocycles. The van der Waals surface area contributed by atoms with Crippen molar-refractivity contribution in [3.63, 3.8) is 0 Å². The second-order valence-corrected chi connectivity index (χ2v) is 6.93. The van der Waals surface area contributed by atoms with E-state index in [0.717, 1.165) is 20.3 Å². The second-order valence-electron chi connectivity index (χ2n) is 3.95. The van der Waals surface area contributed by atoms with Crippen LogP contribution in [0.4, 0.5) is 13.2 Å². The van der Waals surface area contributed by atoms with Gasteiger partial charge in [-0.05, 0) is 23.6 Å². The quantitative estimate of drug-likeness (QED) is 0.395. The van der Waals surface area contributed by atoms with Crippen molar-refractivity contribution >= 4 is 48.0 Å². The Kier molecular flexibility index (Phi) is 3.41. The van der Waals surface area contributed by atoms with E-state index < -0.39 is 22.3 Å². The highest BCUT2D eigenvalue weighted by Crippen LogP contribution is 2.41. The lowest BCUT2D eigenvalue weighted by Gasteiger charge is -2.09. The number of hydrogen-bond donors (Lipinski definition) is 0. The Hall–Kier alpha value is -0.850. The normalized spacial score (nSPS) is 13.1. The highest BCUT2D eigenvalue weighted by atomic mass is 79.9. The van der Waals surface area contributed by atoms with Crippen LogP contribution in [0.5, 0.6) is 0 Å². The summed E-state index contributed by atoms with van der Waals surface area (Å²) in [5.41, 5.74) is 0.104. The van der Waals surface area contributed by atoms with Gasteiger partial charge in [0, 0.05) is 25.9 Å². The van der Waals surface area contributed by atoms with Crippen LogP contribution in [0.25, 0.3) is 9.40 Å². The van der Waals surface area contributed by atoms with E-state index in [9.17, 15) is 13.2 Å². The molecule has 1 unspecified atom stereocenters. The summed E-state index contributed by atoms with van der Waals surface area (Å²) in [7, 11) is 0. The van der Waals surface area contributed by atoms with E-state index in [4.69, 9.17) is 0 Å². The maximum atomic E-state index is 13.7. The van der Waals surface area contributed by atoms with E-state index in [2.05, 4.69) is 15.9 Å². The molecule has 19 heavy (non-hydrogen) atoms. The van der Waals surface area contributed by atoms with Gasteiger partial charge in [-0.25, -0.2) is 13.2 Å². The van der Waals surface area contributed by atoms with E-state index >= 15 is 0 Å². The summed E-state index contributed by atoms with van der Waals surface area (Å²) in [5.74, 6) is -2.97. The predicted molar refractivity (Wildman–Crippen MR) is 76.8 cm³/mol. The highest BCUT2D eigenvalue weighted by Gasteiger charge is 2.20. The van der Waals surface area contributed by atoms with Gasteiger partial charge in [0.05, 0.1) is 4.83 Å². The summed E-state index contributed by atoms with van der Waals surface area (Å²) in [5, 5.41) is 1.98. The molecule has 0 radical (unpaired) electrons. The first-order chi connectivity index (χ1) is 9.06. The molecular formula is C13H6BrF3S2. The molecule has 3 aromatic rings. The summed E-state index contributed by atoms with van der Waals surface area (Å²) < 4.78 is 42.1. The van der Waals surface area contributed by atoms with Crippen LogP contribution in [0, 0.1) is 17.5 Å². The number of benzene rings is 1. The third kappa shape index (κ3) is 2.32. The molecule has 0 aliphatic rings. The molecule has 0 nitrogen and oxygen atoms in total. The molecule has 0 N–H and O–H groups in total. The van der Waals surface area contributed by atoms with Crippen molar-refractivity contribution in [3.8, 4) is 0 Å². The summed E-state index contributed by atoms with van der Waals surface area (Å²) in [4.78, 5) is 0.388. The molecule has 1 aromatic carbocycles. The lowest BCUT2D eigenvalue weighted by Crippen LogP contribution is -1.98. The molecule has 0 aliphatic carbocycles. The molecule has 0 bridgehead atoms. The SMILES string of the molecule is Fc1cc(F)c(C(Br)c2cc3sccc3s2)cc1F. The molecule has 1 atom stereocenters. The Morgan fingerprint density at radius 2 is 1.68 bits per heavy atom. The fourth-order valence-corrected chi connectivity index (χ4v) is 4.67. The summed E-state index contributed by atoms with van der Waals surface area (Å²) in [6, 6.07) is 5.40. The molecule has 0 saturated heterocycles. The van der Waals surface area contributed by atoms with Crippen molar-refractivity contribution in [3.05, 3.63) is 57.5 Å². The average Bonchev–Trinajstić information content (AvgIpc) is 2.93. The summed E-state index contributed by atoms with van der Waals surface area (Å²) in [6.07, 6.45) is 0. The molecule has 0 aliphatic heterocycles. The van der Waals surface area contributed by atoms with E-state index in [0.29, 0.717) is 6.07 Å². The zero-order valence-corrected chi connectivity index (χ0v) is 12.5. The highest BCUT2D eigenvalue weighted by molar-refractivity contribution is 9.09. The minimum atomic E-state index is -1.17. The number of hydrogen-bond acceptors (Lipinski definition) is 2. The Labute approximate surface area is 123 Å². The van der Waals surface area contributed by atoms with Crippen molar-refractivity contribution in [1.29, 1.82) is 0 Å². The van der Waals surface area contributed by atoms with Crippen LogP contribution in [0.1, 0.15) is 15.3 Å². The smallest absolute Gasteiger partial charge is 0.161 e. The molecule has 2 heterocycles. The standard InChI is InChI=1S/C13H6BrF3S2/c14-13(6-3-8(16)9(17)4-7(6)15)12-5-11-10(19-12)1-2-18-11/h1-5,13H. The molecule has 2 aromatic heterocycles. The maximum Gasteiger partial charge on any atom is 0.161 e. The number of thiophene rings is 2. The lowest BCUT2D eigenvalue weighted by atomic mass is 10.1. The van der Waals surface area contributed by atoms with Gasteiger partial charge in [0.2, 0.25) is 0 Å². The van der Waals surface area contributed by atoms with Crippen LogP contribution in [-0.2, 0) is 0 Å². The zero-order valence-electron chi connectivity index (χ0n) is 9.29. The van der Waals surface area contributed by atoms with Crippen LogP contribution in [0.2, 0.25) is 0 Å². The Bertz CT molecular complexity index is 719. The van der Waals surface area contributed by atoms with Gasteiger partial charge in [-0.3, -0.25) is 0 Å². The van der Waals surface area contributed by atoms with Gasteiger partial charge in [-0.15, -0.1) is 22.7 Å². The van der Waals surface area contributed by atoms with Gasteiger partial charge in [-0.2, -0.15) is 0 Å². The van der Waals surface area contributed by atoms with Crippen LogP contribution in [0.15, 0.2) is 29.6 Å². The third-order valence-electron chi connectivity index (χ3n) is 2.72. The lowest BCUT2D eigenvalue weighted by molar-refractivity contribution is 0.491. The molecule has 6 heteroatoms. The molecular weight excluding hydrogens is 357 g/mol. The van der Waals surface area contributed by atoms with Gasteiger partial charge in [0.15, 0.2) is 11.6 Å². The van der Waals surface area contributed by atoms with Crippen LogP contribution in [0.3, 0.4) is 0 Å². The molecule has 98 valence electrons. The topological polar surface area (TPSA) is 0 Å². The first kappa shape index (κ1) is 13.1. The van der Waals surface area contributed by atoms with Gasteiger partial charge < -0.3 is 0 Å². The molecule has 3 rings (SSSR count). The second kappa shape index (κ2) is 4.92. The Balaban J connectivity index is 2.06. The van der Waals surface area contributed by atoms with Gasteiger partial charge in [-0.1, -0.05) is 15.9 Å². The minimum absolute atomic E-state index is 0.104.